The predicted octanol–water partition coefficient (Wildman–Crippen LogP) is 3.33. The van der Waals surface area contributed by atoms with E-state index in [4.69, 9.17) is 4.74 Å². The number of carbonyl (C=O) groups is 2. The van der Waals surface area contributed by atoms with E-state index in [9.17, 15) is 9.59 Å². The molecule has 1 unspecified atom stereocenters. The fraction of sp³-hybridized carbons (Fsp3) is 0.391. The molecule has 3 aromatic rings. The third-order valence-electron chi connectivity index (χ3n) is 5.14. The number of hydrogen-bond acceptors (Lipinski definition) is 5. The second-order valence-electron chi connectivity index (χ2n) is 7.65. The molecule has 31 heavy (non-hydrogen) atoms. The van der Waals surface area contributed by atoms with Crippen LogP contribution >= 0.6 is 0 Å². The molecule has 2 heterocycles. The number of aromatic nitrogens is 3. The predicted molar refractivity (Wildman–Crippen MR) is 119 cm³/mol. The van der Waals surface area contributed by atoms with Crippen LogP contribution < -0.4 is 15.4 Å². The molecule has 2 amide bonds. The first-order valence-electron chi connectivity index (χ1n) is 10.4. The molecular formula is C23H29N5O3. The standard InChI is InChI=1S/C23H29N5O3/c1-6-19(17-9-7-8-10-20(17)31-13-21(29)24-5)27-23(30)18-11-16-12-25-28(14(2)3)22(16)26-15(18)4/h7-12,14,19H,6,13H2,1-5H3,(H,24,29)(H,27,30). The summed E-state index contributed by atoms with van der Waals surface area (Å²) in [4.78, 5) is 29.3. The number of nitrogens with one attached hydrogen (secondary N) is 2. The van der Waals surface area contributed by atoms with E-state index in [1.165, 1.54) is 0 Å². The van der Waals surface area contributed by atoms with Crippen molar-refractivity contribution in [3.05, 3.63) is 53.3 Å². The first-order valence-corrected chi connectivity index (χ1v) is 10.4. The Kier molecular flexibility index (Phi) is 6.89. The van der Waals surface area contributed by atoms with E-state index in [2.05, 4.69) is 20.7 Å². The molecule has 8 nitrogen and oxygen atoms in total. The third kappa shape index (κ3) is 4.84. The van der Waals surface area contributed by atoms with Gasteiger partial charge in [-0.2, -0.15) is 5.10 Å². The number of nitrogens with zero attached hydrogens (tertiary/aromatic N) is 3. The summed E-state index contributed by atoms with van der Waals surface area (Å²) < 4.78 is 7.53. The molecule has 0 saturated heterocycles. The average Bonchev–Trinajstić information content (AvgIpc) is 3.18. The van der Waals surface area contributed by atoms with Gasteiger partial charge in [0, 0.05) is 24.0 Å². The van der Waals surface area contributed by atoms with Gasteiger partial charge in [-0.15, -0.1) is 0 Å². The Hall–Kier alpha value is -3.42. The largest absolute Gasteiger partial charge is 0.483 e. The molecule has 0 radical (unpaired) electrons. The molecule has 3 rings (SSSR count). The highest BCUT2D eigenvalue weighted by molar-refractivity contribution is 5.98. The van der Waals surface area contributed by atoms with Gasteiger partial charge in [-0.25, -0.2) is 9.67 Å². The molecule has 2 N–H and O–H groups in total. The number of rotatable bonds is 8. The van der Waals surface area contributed by atoms with Crippen molar-refractivity contribution in [3.8, 4) is 5.75 Å². The van der Waals surface area contributed by atoms with Gasteiger partial charge in [-0.1, -0.05) is 25.1 Å². The quantitative estimate of drug-likeness (QED) is 0.579. The van der Waals surface area contributed by atoms with Gasteiger partial charge in [0.1, 0.15) is 5.75 Å². The molecule has 0 fully saturated rings. The third-order valence-corrected chi connectivity index (χ3v) is 5.14. The Labute approximate surface area is 182 Å². The topological polar surface area (TPSA) is 98.1 Å². The lowest BCUT2D eigenvalue weighted by Crippen LogP contribution is -2.30. The first-order chi connectivity index (χ1) is 14.8. The number of fused-ring (bicyclic) bond motifs is 1. The van der Waals surface area contributed by atoms with Crippen LogP contribution in [-0.2, 0) is 4.79 Å². The van der Waals surface area contributed by atoms with Gasteiger partial charge in [0.2, 0.25) is 0 Å². The maximum absolute atomic E-state index is 13.1. The number of amides is 2. The summed E-state index contributed by atoms with van der Waals surface area (Å²) in [5.74, 6) is 0.141. The molecule has 164 valence electrons. The van der Waals surface area contributed by atoms with Crippen molar-refractivity contribution in [3.63, 3.8) is 0 Å². The summed E-state index contributed by atoms with van der Waals surface area (Å²) in [6.07, 6.45) is 2.39. The van der Waals surface area contributed by atoms with Gasteiger partial charge < -0.3 is 15.4 Å². The summed E-state index contributed by atoms with van der Waals surface area (Å²) in [5.41, 5.74) is 2.75. The summed E-state index contributed by atoms with van der Waals surface area (Å²) in [7, 11) is 1.56. The first kappa shape index (κ1) is 22.3. The lowest BCUT2D eigenvalue weighted by Gasteiger charge is -2.21. The van der Waals surface area contributed by atoms with Crippen molar-refractivity contribution in [2.75, 3.05) is 13.7 Å². The Morgan fingerprint density at radius 1 is 1.23 bits per heavy atom. The number of ether oxygens (including phenoxy) is 1. The number of benzene rings is 1. The van der Waals surface area contributed by atoms with Crippen LogP contribution in [0, 0.1) is 6.92 Å². The lowest BCUT2D eigenvalue weighted by atomic mass is 10.0. The Bertz CT molecular complexity index is 1090. The Balaban J connectivity index is 1.85. The van der Waals surface area contributed by atoms with E-state index in [0.29, 0.717) is 23.4 Å². The zero-order valence-corrected chi connectivity index (χ0v) is 18.6. The van der Waals surface area contributed by atoms with E-state index in [0.717, 1.165) is 16.6 Å². The molecular weight excluding hydrogens is 394 g/mol. The maximum Gasteiger partial charge on any atom is 0.257 e. The van der Waals surface area contributed by atoms with E-state index in [1.807, 2.05) is 56.6 Å². The SMILES string of the molecule is CCC(NC(=O)c1cc2cnn(C(C)C)c2nc1C)c1ccccc1OCC(=O)NC. The minimum Gasteiger partial charge on any atom is -0.483 e. The summed E-state index contributed by atoms with van der Waals surface area (Å²) >= 11 is 0. The Morgan fingerprint density at radius 2 is 1.97 bits per heavy atom. The molecule has 2 aromatic heterocycles. The van der Waals surface area contributed by atoms with Crippen LogP contribution in [-0.4, -0.2) is 40.2 Å². The van der Waals surface area contributed by atoms with Crippen LogP contribution in [0.5, 0.6) is 5.75 Å². The van der Waals surface area contributed by atoms with E-state index in [-0.39, 0.29) is 30.5 Å². The van der Waals surface area contributed by atoms with Crippen LogP contribution in [0.1, 0.15) is 60.9 Å². The van der Waals surface area contributed by atoms with Gasteiger partial charge in [0.15, 0.2) is 12.3 Å². The monoisotopic (exact) mass is 423 g/mol. The molecule has 1 aromatic carbocycles. The van der Waals surface area contributed by atoms with Crippen LogP contribution in [0.15, 0.2) is 36.5 Å². The average molecular weight is 424 g/mol. The Morgan fingerprint density at radius 3 is 2.65 bits per heavy atom. The van der Waals surface area contributed by atoms with Crippen LogP contribution in [0.3, 0.4) is 0 Å². The molecule has 0 spiro atoms. The molecule has 0 saturated carbocycles. The number of pyridine rings is 1. The second kappa shape index (κ2) is 9.59. The second-order valence-corrected chi connectivity index (χ2v) is 7.65. The highest BCUT2D eigenvalue weighted by Gasteiger charge is 2.21. The molecule has 0 aliphatic heterocycles. The van der Waals surface area contributed by atoms with Crippen LogP contribution in [0.2, 0.25) is 0 Å². The zero-order valence-electron chi connectivity index (χ0n) is 18.6. The van der Waals surface area contributed by atoms with E-state index < -0.39 is 0 Å². The molecule has 1 atom stereocenters. The van der Waals surface area contributed by atoms with E-state index >= 15 is 0 Å². The highest BCUT2D eigenvalue weighted by Crippen LogP contribution is 2.28. The normalized spacial score (nSPS) is 12.1. The lowest BCUT2D eigenvalue weighted by molar-refractivity contribution is -0.122. The smallest absolute Gasteiger partial charge is 0.257 e. The van der Waals surface area contributed by atoms with Crippen molar-refractivity contribution < 1.29 is 14.3 Å². The van der Waals surface area contributed by atoms with Crippen molar-refractivity contribution in [2.45, 2.75) is 46.2 Å². The zero-order chi connectivity index (χ0) is 22.5. The van der Waals surface area contributed by atoms with Crippen LogP contribution in [0.4, 0.5) is 0 Å². The van der Waals surface area contributed by atoms with Crippen molar-refractivity contribution >= 4 is 22.8 Å². The van der Waals surface area contributed by atoms with Crippen molar-refractivity contribution in [1.29, 1.82) is 0 Å². The number of para-hydroxylation sites is 1. The fourth-order valence-corrected chi connectivity index (χ4v) is 3.42. The minimum absolute atomic E-state index is 0.0859. The van der Waals surface area contributed by atoms with Crippen molar-refractivity contribution in [2.24, 2.45) is 0 Å². The summed E-state index contributed by atoms with van der Waals surface area (Å²) in [5, 5.41) is 10.8. The van der Waals surface area contributed by atoms with Gasteiger partial charge in [-0.3, -0.25) is 9.59 Å². The molecule has 0 aliphatic rings. The molecule has 0 aliphatic carbocycles. The van der Waals surface area contributed by atoms with Crippen LogP contribution in [0.25, 0.3) is 11.0 Å². The van der Waals surface area contributed by atoms with Gasteiger partial charge in [0.05, 0.1) is 23.5 Å². The van der Waals surface area contributed by atoms with Gasteiger partial charge in [0.25, 0.3) is 11.8 Å². The highest BCUT2D eigenvalue weighted by atomic mass is 16.5. The number of carbonyl (C=O) groups excluding carboxylic acids is 2. The maximum atomic E-state index is 13.1. The van der Waals surface area contributed by atoms with Crippen molar-refractivity contribution in [1.82, 2.24) is 25.4 Å². The summed E-state index contributed by atoms with van der Waals surface area (Å²) in [6, 6.07) is 9.16. The molecule has 0 bridgehead atoms. The summed E-state index contributed by atoms with van der Waals surface area (Å²) in [6.45, 7) is 7.81. The fourth-order valence-electron chi connectivity index (χ4n) is 3.42. The number of hydrogen-bond donors (Lipinski definition) is 2. The van der Waals surface area contributed by atoms with E-state index in [1.54, 1.807) is 19.3 Å². The number of likely N-dealkylation sites (N-methyl/N-ethyl adjacent to an activating group) is 1. The van der Waals surface area contributed by atoms with Gasteiger partial charge >= 0.3 is 0 Å². The minimum atomic E-state index is -0.276. The van der Waals surface area contributed by atoms with Gasteiger partial charge in [-0.05, 0) is 39.3 Å². The number of aryl methyl sites for hydroxylation is 1. The molecule has 8 heteroatoms.